The number of carbonyl (C=O) groups excluding carboxylic acids is 2. The maximum Gasteiger partial charge on any atom is 0.255 e. The highest BCUT2D eigenvalue weighted by Crippen LogP contribution is 2.37. The van der Waals surface area contributed by atoms with Gasteiger partial charge in [0.05, 0.1) is 26.2 Å². The fourth-order valence-corrected chi connectivity index (χ4v) is 4.15. The van der Waals surface area contributed by atoms with Crippen LogP contribution in [0.4, 0.5) is 4.39 Å². The Labute approximate surface area is 198 Å². The highest BCUT2D eigenvalue weighted by molar-refractivity contribution is 5.98. The minimum absolute atomic E-state index is 0.0675. The number of fused-ring (bicyclic) bond motifs is 1. The Bertz CT molecular complexity index is 1180. The summed E-state index contributed by atoms with van der Waals surface area (Å²) in [6.45, 7) is 3.07. The van der Waals surface area contributed by atoms with Gasteiger partial charge in [-0.2, -0.15) is 0 Å². The first-order chi connectivity index (χ1) is 16.5. The Hall–Kier alpha value is -3.87. The van der Waals surface area contributed by atoms with E-state index in [2.05, 4.69) is 5.32 Å². The fourth-order valence-electron chi connectivity index (χ4n) is 4.15. The first-order valence-electron chi connectivity index (χ1n) is 11.2. The smallest absolute Gasteiger partial charge is 0.255 e. The number of amides is 2. The van der Waals surface area contributed by atoms with Crippen molar-refractivity contribution >= 4 is 11.8 Å². The largest absolute Gasteiger partial charge is 0.493 e. The summed E-state index contributed by atoms with van der Waals surface area (Å²) in [7, 11) is 1.56. The molecule has 0 bridgehead atoms. The van der Waals surface area contributed by atoms with E-state index in [-0.39, 0.29) is 30.6 Å². The van der Waals surface area contributed by atoms with Crippen LogP contribution in [0.2, 0.25) is 0 Å². The molecule has 1 unspecified atom stereocenters. The number of hydrogen-bond donors (Lipinski definition) is 1. The number of nitrogens with one attached hydrogen (secondary N) is 1. The SMILES string of the molecule is CCOc1ccc(C(CC(=O)NCc2ccc(F)cc2)N2Cc3ccccc3C2=O)cc1OC. The lowest BCUT2D eigenvalue weighted by molar-refractivity contribution is -0.122. The molecule has 7 heteroatoms. The van der Waals surface area contributed by atoms with E-state index in [4.69, 9.17) is 9.47 Å². The molecule has 0 radical (unpaired) electrons. The van der Waals surface area contributed by atoms with Crippen molar-refractivity contribution in [3.63, 3.8) is 0 Å². The third-order valence-electron chi connectivity index (χ3n) is 5.88. The fraction of sp³-hybridized carbons (Fsp3) is 0.259. The molecule has 34 heavy (non-hydrogen) atoms. The van der Waals surface area contributed by atoms with Crippen molar-refractivity contribution in [3.05, 3.63) is 94.8 Å². The lowest BCUT2D eigenvalue weighted by Crippen LogP contribution is -2.34. The third kappa shape index (κ3) is 5.03. The predicted molar refractivity (Wildman–Crippen MR) is 126 cm³/mol. The van der Waals surface area contributed by atoms with Gasteiger partial charge in [-0.3, -0.25) is 9.59 Å². The minimum Gasteiger partial charge on any atom is -0.493 e. The van der Waals surface area contributed by atoms with Gasteiger partial charge in [0.2, 0.25) is 5.91 Å². The lowest BCUT2D eigenvalue weighted by atomic mass is 10.0. The summed E-state index contributed by atoms with van der Waals surface area (Å²) in [5, 5.41) is 2.88. The van der Waals surface area contributed by atoms with E-state index in [1.165, 1.54) is 12.1 Å². The molecule has 1 aliphatic heterocycles. The zero-order valence-corrected chi connectivity index (χ0v) is 19.2. The quantitative estimate of drug-likeness (QED) is 0.503. The van der Waals surface area contributed by atoms with Gasteiger partial charge in [0.15, 0.2) is 11.5 Å². The Morgan fingerprint density at radius 1 is 1.09 bits per heavy atom. The zero-order chi connectivity index (χ0) is 24.1. The molecule has 0 aromatic heterocycles. The van der Waals surface area contributed by atoms with Crippen LogP contribution in [0.3, 0.4) is 0 Å². The molecule has 2 amide bonds. The number of methoxy groups -OCH3 is 1. The average molecular weight is 463 g/mol. The van der Waals surface area contributed by atoms with Crippen LogP contribution in [0, 0.1) is 5.82 Å². The zero-order valence-electron chi connectivity index (χ0n) is 19.2. The molecule has 0 aliphatic carbocycles. The maximum atomic E-state index is 13.2. The normalized spacial score (nSPS) is 13.4. The highest BCUT2D eigenvalue weighted by atomic mass is 19.1. The average Bonchev–Trinajstić information content (AvgIpc) is 3.19. The van der Waals surface area contributed by atoms with E-state index in [1.54, 1.807) is 30.2 Å². The molecule has 176 valence electrons. The van der Waals surface area contributed by atoms with E-state index in [9.17, 15) is 14.0 Å². The van der Waals surface area contributed by atoms with Crippen molar-refractivity contribution < 1.29 is 23.5 Å². The second kappa shape index (κ2) is 10.4. The number of rotatable bonds is 9. The molecule has 4 rings (SSSR count). The summed E-state index contributed by atoms with van der Waals surface area (Å²) in [4.78, 5) is 27.9. The molecule has 1 N–H and O–H groups in total. The molecule has 0 saturated carbocycles. The van der Waals surface area contributed by atoms with Gasteiger partial charge < -0.3 is 19.7 Å². The summed E-state index contributed by atoms with van der Waals surface area (Å²) < 4.78 is 24.3. The first-order valence-corrected chi connectivity index (χ1v) is 11.2. The number of hydrogen-bond acceptors (Lipinski definition) is 4. The summed E-state index contributed by atoms with van der Waals surface area (Å²) >= 11 is 0. The second-order valence-electron chi connectivity index (χ2n) is 8.06. The van der Waals surface area contributed by atoms with Crippen molar-refractivity contribution in [1.82, 2.24) is 10.2 Å². The van der Waals surface area contributed by atoms with E-state index in [0.717, 1.165) is 16.7 Å². The molecule has 1 heterocycles. The molecule has 1 atom stereocenters. The first kappa shape index (κ1) is 23.3. The van der Waals surface area contributed by atoms with E-state index >= 15 is 0 Å². The van der Waals surface area contributed by atoms with Gasteiger partial charge >= 0.3 is 0 Å². The topological polar surface area (TPSA) is 67.9 Å². The standard InChI is InChI=1S/C27H27FN2O4/c1-3-34-24-13-10-19(14-25(24)33-2)23(30-17-20-6-4-5-7-22(20)27(30)32)15-26(31)29-16-18-8-11-21(28)12-9-18/h4-14,23H,3,15-17H2,1-2H3,(H,29,31). The summed E-state index contributed by atoms with van der Waals surface area (Å²) in [5.74, 6) is 0.488. The predicted octanol–water partition coefficient (Wildman–Crippen LogP) is 4.64. The second-order valence-corrected chi connectivity index (χ2v) is 8.06. The molecule has 0 saturated heterocycles. The van der Waals surface area contributed by atoms with Gasteiger partial charge in [0.1, 0.15) is 5.82 Å². The monoisotopic (exact) mass is 462 g/mol. The number of halogens is 1. The molecule has 0 spiro atoms. The number of ether oxygens (including phenoxy) is 2. The summed E-state index contributed by atoms with van der Waals surface area (Å²) in [5.41, 5.74) is 3.15. The van der Waals surface area contributed by atoms with Crippen LogP contribution in [0.1, 0.15) is 46.4 Å². The molecular formula is C27H27FN2O4. The van der Waals surface area contributed by atoms with Gasteiger partial charge in [0.25, 0.3) is 5.91 Å². The van der Waals surface area contributed by atoms with Gasteiger partial charge in [-0.25, -0.2) is 4.39 Å². The van der Waals surface area contributed by atoms with Crippen LogP contribution in [0.15, 0.2) is 66.7 Å². The molecule has 0 fully saturated rings. The van der Waals surface area contributed by atoms with E-state index < -0.39 is 6.04 Å². The maximum absolute atomic E-state index is 13.2. The number of benzene rings is 3. The van der Waals surface area contributed by atoms with Crippen LogP contribution >= 0.6 is 0 Å². The van der Waals surface area contributed by atoms with E-state index in [0.29, 0.717) is 30.2 Å². The molecule has 6 nitrogen and oxygen atoms in total. The van der Waals surface area contributed by atoms with Gasteiger partial charge in [-0.15, -0.1) is 0 Å². The minimum atomic E-state index is -0.502. The Balaban J connectivity index is 1.59. The summed E-state index contributed by atoms with van der Waals surface area (Å²) in [6, 6.07) is 18.4. The lowest BCUT2D eigenvalue weighted by Gasteiger charge is -2.28. The van der Waals surface area contributed by atoms with Crippen LogP contribution in [-0.2, 0) is 17.9 Å². The van der Waals surface area contributed by atoms with Crippen molar-refractivity contribution in [2.24, 2.45) is 0 Å². The van der Waals surface area contributed by atoms with Crippen molar-refractivity contribution in [3.8, 4) is 11.5 Å². The number of nitrogens with zero attached hydrogens (tertiary/aromatic N) is 1. The van der Waals surface area contributed by atoms with Crippen molar-refractivity contribution in [1.29, 1.82) is 0 Å². The number of carbonyl (C=O) groups is 2. The van der Waals surface area contributed by atoms with Crippen LogP contribution in [0.25, 0.3) is 0 Å². The Kier molecular flexibility index (Phi) is 7.11. The molecule has 1 aliphatic rings. The molecular weight excluding hydrogens is 435 g/mol. The summed E-state index contributed by atoms with van der Waals surface area (Å²) in [6.07, 6.45) is 0.0675. The van der Waals surface area contributed by atoms with Gasteiger partial charge in [-0.05, 0) is 53.9 Å². The van der Waals surface area contributed by atoms with Crippen LogP contribution < -0.4 is 14.8 Å². The van der Waals surface area contributed by atoms with Crippen molar-refractivity contribution in [2.45, 2.75) is 32.5 Å². The molecule has 3 aromatic carbocycles. The van der Waals surface area contributed by atoms with E-state index in [1.807, 2.05) is 43.3 Å². The highest BCUT2D eigenvalue weighted by Gasteiger charge is 2.34. The van der Waals surface area contributed by atoms with Crippen LogP contribution in [0.5, 0.6) is 11.5 Å². The Morgan fingerprint density at radius 2 is 1.85 bits per heavy atom. The van der Waals surface area contributed by atoms with Gasteiger partial charge in [0, 0.05) is 18.7 Å². The molecule has 3 aromatic rings. The third-order valence-corrected chi connectivity index (χ3v) is 5.88. The van der Waals surface area contributed by atoms with Crippen molar-refractivity contribution in [2.75, 3.05) is 13.7 Å². The Morgan fingerprint density at radius 3 is 2.56 bits per heavy atom. The van der Waals surface area contributed by atoms with Crippen LogP contribution in [-0.4, -0.2) is 30.4 Å². The van der Waals surface area contributed by atoms with Gasteiger partial charge in [-0.1, -0.05) is 36.4 Å².